The van der Waals surface area contributed by atoms with Gasteiger partial charge in [-0.05, 0) is 60.7 Å². The fourth-order valence-corrected chi connectivity index (χ4v) is 7.00. The zero-order chi connectivity index (χ0) is 34.2. The zero-order valence-corrected chi connectivity index (χ0v) is 31.8. The Bertz CT molecular complexity index is 2050. The summed E-state index contributed by atoms with van der Waals surface area (Å²) in [5, 5.41) is 5.92. The van der Waals surface area contributed by atoms with Gasteiger partial charge in [0.25, 0.3) is 0 Å². The maximum absolute atomic E-state index is 12.4. The Balaban J connectivity index is 0.000000159. The highest BCUT2D eigenvalue weighted by Gasteiger charge is 2.25. The molecule has 0 atom stereocenters. The van der Waals surface area contributed by atoms with Gasteiger partial charge in [0, 0.05) is 80.7 Å². The normalized spacial score (nSPS) is 13.1. The first-order valence-electron chi connectivity index (χ1n) is 16.0. The van der Waals surface area contributed by atoms with Gasteiger partial charge in [0.05, 0.1) is 17.6 Å². The van der Waals surface area contributed by atoms with E-state index in [0.717, 1.165) is 51.5 Å². The molecule has 0 bridgehead atoms. The third kappa shape index (κ3) is 9.30. The second kappa shape index (κ2) is 17.9. The monoisotopic (exact) mass is 840 g/mol. The van der Waals surface area contributed by atoms with E-state index in [1.54, 1.807) is 4.90 Å². The molecule has 260 valence electrons. The standard InChI is InChI=1S/C19H17BrN2O2.C11H11BrN2.C8H7ClO2.ClH/c20-16-8-4-7-14-15-11-22(10-9-17(15)21-18(14)16)19(23)24-12-13-5-2-1-3-6-13;12-9-3-1-2-7-8-6-13-5-4-10(8)14-11(7)9;9-8(10)11-6-7-4-2-1-3-5-7;/h1-8,21H,9-12H2;1-3,13-14H,4-6H2;1-5H,6H2;1H. The first-order valence-corrected chi connectivity index (χ1v) is 17.9. The number of hydrogen-bond donors (Lipinski definition) is 3. The smallest absolute Gasteiger partial charge is 0.410 e. The summed E-state index contributed by atoms with van der Waals surface area (Å²) in [4.78, 5) is 31.3. The Morgan fingerprint density at radius 3 is 1.82 bits per heavy atom. The fourth-order valence-electron chi connectivity index (χ4n) is 6.02. The number of aromatic amines is 2. The van der Waals surface area contributed by atoms with Crippen molar-refractivity contribution in [2.75, 3.05) is 13.1 Å². The highest BCUT2D eigenvalue weighted by Crippen LogP contribution is 2.32. The van der Waals surface area contributed by atoms with Gasteiger partial charge in [-0.25, -0.2) is 9.59 Å². The molecule has 3 N–H and O–H groups in total. The molecule has 4 aromatic carbocycles. The second-order valence-electron chi connectivity index (χ2n) is 11.6. The average Bonchev–Trinajstić information content (AvgIpc) is 3.71. The van der Waals surface area contributed by atoms with Gasteiger partial charge in [0.1, 0.15) is 13.2 Å². The van der Waals surface area contributed by atoms with Crippen molar-refractivity contribution in [1.82, 2.24) is 20.2 Å². The molecule has 0 saturated carbocycles. The summed E-state index contributed by atoms with van der Waals surface area (Å²) in [6.45, 7) is 3.87. The van der Waals surface area contributed by atoms with Crippen LogP contribution in [0.5, 0.6) is 0 Å². The van der Waals surface area contributed by atoms with Crippen molar-refractivity contribution in [3.63, 3.8) is 0 Å². The lowest BCUT2D eigenvalue weighted by atomic mass is 10.1. The van der Waals surface area contributed by atoms with Crippen molar-refractivity contribution >= 4 is 89.2 Å². The molecular weight excluding hydrogens is 807 g/mol. The van der Waals surface area contributed by atoms with Crippen molar-refractivity contribution < 1.29 is 19.1 Å². The quantitative estimate of drug-likeness (QED) is 0.154. The molecular formula is C38H36Br2Cl2N4O4. The molecule has 0 spiro atoms. The maximum Gasteiger partial charge on any atom is 0.410 e. The summed E-state index contributed by atoms with van der Waals surface area (Å²) in [5.41, 5.74) is 8.73. The summed E-state index contributed by atoms with van der Waals surface area (Å²) in [6.07, 6.45) is 1.67. The molecule has 1 amide bonds. The molecule has 0 aliphatic carbocycles. The molecule has 6 aromatic rings. The van der Waals surface area contributed by atoms with E-state index in [0.29, 0.717) is 19.7 Å². The number of rotatable bonds is 4. The Morgan fingerprint density at radius 1 is 0.700 bits per heavy atom. The number of para-hydroxylation sites is 2. The third-order valence-electron chi connectivity index (χ3n) is 8.45. The largest absolute Gasteiger partial charge is 0.449 e. The van der Waals surface area contributed by atoms with Gasteiger partial charge in [0.2, 0.25) is 0 Å². The van der Waals surface area contributed by atoms with Gasteiger partial charge in [-0.3, -0.25) is 0 Å². The van der Waals surface area contributed by atoms with Crippen LogP contribution in [0.25, 0.3) is 21.8 Å². The predicted molar refractivity (Wildman–Crippen MR) is 208 cm³/mol. The van der Waals surface area contributed by atoms with E-state index in [-0.39, 0.29) is 25.1 Å². The molecule has 0 saturated heterocycles. The predicted octanol–water partition coefficient (Wildman–Crippen LogP) is 10.2. The number of amides is 1. The van der Waals surface area contributed by atoms with Crippen LogP contribution >= 0.6 is 55.9 Å². The molecule has 4 heterocycles. The van der Waals surface area contributed by atoms with E-state index in [1.807, 2.05) is 72.8 Å². The highest BCUT2D eigenvalue weighted by molar-refractivity contribution is 9.11. The number of carbonyl (C=O) groups is 2. The summed E-state index contributed by atoms with van der Waals surface area (Å²) in [6, 6.07) is 31.6. The van der Waals surface area contributed by atoms with Gasteiger partial charge in [0.15, 0.2) is 0 Å². The number of nitrogens with one attached hydrogen (secondary N) is 3. The van der Waals surface area contributed by atoms with Crippen LogP contribution in [-0.4, -0.2) is 39.5 Å². The number of ether oxygens (including phenoxy) is 2. The summed E-state index contributed by atoms with van der Waals surface area (Å²) in [7, 11) is 0. The van der Waals surface area contributed by atoms with Gasteiger partial charge >= 0.3 is 11.5 Å². The molecule has 0 fully saturated rings. The van der Waals surface area contributed by atoms with Crippen LogP contribution in [-0.2, 0) is 48.6 Å². The van der Waals surface area contributed by atoms with Crippen molar-refractivity contribution in [3.05, 3.63) is 140 Å². The van der Waals surface area contributed by atoms with Crippen molar-refractivity contribution in [2.24, 2.45) is 0 Å². The second-order valence-corrected chi connectivity index (χ2v) is 13.7. The number of carbonyl (C=O) groups excluding carboxylic acids is 2. The summed E-state index contributed by atoms with van der Waals surface area (Å²) < 4.78 is 12.2. The molecule has 8 nitrogen and oxygen atoms in total. The maximum atomic E-state index is 12.4. The van der Waals surface area contributed by atoms with Crippen molar-refractivity contribution in [3.8, 4) is 0 Å². The summed E-state index contributed by atoms with van der Waals surface area (Å²) >= 11 is 12.1. The Labute approximate surface area is 318 Å². The Hall–Kier alpha value is -3.80. The van der Waals surface area contributed by atoms with E-state index in [1.165, 1.54) is 38.8 Å². The van der Waals surface area contributed by atoms with Gasteiger partial charge in [-0.1, -0.05) is 84.9 Å². The number of nitrogens with zero attached hydrogens (tertiary/aromatic N) is 1. The van der Waals surface area contributed by atoms with E-state index in [4.69, 9.17) is 16.3 Å². The first-order chi connectivity index (χ1) is 23.9. The number of fused-ring (bicyclic) bond motifs is 6. The molecule has 2 aliphatic heterocycles. The molecule has 8 rings (SSSR count). The first kappa shape index (κ1) is 37.5. The minimum atomic E-state index is -0.770. The number of aromatic nitrogens is 2. The van der Waals surface area contributed by atoms with Crippen LogP contribution in [0.1, 0.15) is 33.6 Å². The van der Waals surface area contributed by atoms with Gasteiger partial charge in [-0.15, -0.1) is 12.4 Å². The van der Waals surface area contributed by atoms with Gasteiger partial charge < -0.3 is 29.7 Å². The van der Waals surface area contributed by atoms with Crippen LogP contribution < -0.4 is 5.32 Å². The van der Waals surface area contributed by atoms with E-state index in [9.17, 15) is 9.59 Å². The minimum Gasteiger partial charge on any atom is -0.449 e. The minimum absolute atomic E-state index is 0. The molecule has 12 heteroatoms. The Kier molecular flexibility index (Phi) is 13.4. The number of benzene rings is 4. The van der Waals surface area contributed by atoms with Gasteiger partial charge in [-0.2, -0.15) is 0 Å². The lowest BCUT2D eigenvalue weighted by molar-refractivity contribution is 0.0919. The van der Waals surface area contributed by atoms with Crippen molar-refractivity contribution in [1.29, 1.82) is 0 Å². The SMILES string of the molecule is Brc1cccc2c3c([nH]c12)CCNC3.Cl.O=C(Cl)OCc1ccccc1.O=C(OCc1ccccc1)N1CCc2[nH]c3c(Br)cccc3c2C1. The molecule has 50 heavy (non-hydrogen) atoms. The lowest BCUT2D eigenvalue weighted by Gasteiger charge is -2.26. The van der Waals surface area contributed by atoms with E-state index in [2.05, 4.69) is 76.1 Å². The Morgan fingerprint density at radius 2 is 1.24 bits per heavy atom. The number of halogens is 4. The fraction of sp³-hybridized carbons (Fsp3) is 0.211. The molecule has 0 radical (unpaired) electrons. The van der Waals surface area contributed by atoms with Crippen LogP contribution in [0.15, 0.2) is 106 Å². The average molecular weight is 843 g/mol. The number of hydrogen-bond acceptors (Lipinski definition) is 5. The third-order valence-corrected chi connectivity index (χ3v) is 9.88. The van der Waals surface area contributed by atoms with Crippen LogP contribution in [0, 0.1) is 0 Å². The van der Waals surface area contributed by atoms with Crippen LogP contribution in [0.2, 0.25) is 0 Å². The molecule has 0 unspecified atom stereocenters. The van der Waals surface area contributed by atoms with E-state index < -0.39 is 5.43 Å². The lowest BCUT2D eigenvalue weighted by Crippen LogP contribution is -2.36. The molecule has 2 aromatic heterocycles. The number of H-pyrrole nitrogens is 2. The van der Waals surface area contributed by atoms with Crippen molar-refractivity contribution in [2.45, 2.75) is 39.1 Å². The molecule has 2 aliphatic rings. The van der Waals surface area contributed by atoms with Crippen LogP contribution in [0.3, 0.4) is 0 Å². The summed E-state index contributed by atoms with van der Waals surface area (Å²) in [5.74, 6) is 0. The zero-order valence-electron chi connectivity index (χ0n) is 27.0. The van der Waals surface area contributed by atoms with E-state index >= 15 is 0 Å². The highest BCUT2D eigenvalue weighted by atomic mass is 79.9. The van der Waals surface area contributed by atoms with Crippen LogP contribution in [0.4, 0.5) is 9.59 Å². The topological polar surface area (TPSA) is 99.4 Å².